The van der Waals surface area contributed by atoms with E-state index in [-0.39, 0.29) is 10.5 Å². The van der Waals surface area contributed by atoms with Crippen LogP contribution in [0.25, 0.3) is 0 Å². The van der Waals surface area contributed by atoms with Crippen LogP contribution in [0.3, 0.4) is 0 Å². The Morgan fingerprint density at radius 3 is 2.35 bits per heavy atom. The topological polar surface area (TPSA) is 72.5 Å². The largest absolute Gasteiger partial charge is 0.465 e. The van der Waals surface area contributed by atoms with Gasteiger partial charge in [0.1, 0.15) is 0 Å². The van der Waals surface area contributed by atoms with Crippen LogP contribution in [0.4, 0.5) is 5.69 Å². The lowest BCUT2D eigenvalue weighted by molar-refractivity contribution is 0.0599. The number of rotatable bonds is 4. The summed E-state index contributed by atoms with van der Waals surface area (Å²) in [4.78, 5) is 11.8. The van der Waals surface area contributed by atoms with Gasteiger partial charge in [0.05, 0.1) is 17.6 Å². The molecule has 23 heavy (non-hydrogen) atoms. The molecule has 2 aromatic rings. The molecule has 5 nitrogen and oxygen atoms in total. The summed E-state index contributed by atoms with van der Waals surface area (Å²) in [5, 5.41) is 0. The summed E-state index contributed by atoms with van der Waals surface area (Å²) in [7, 11) is -2.54. The molecule has 0 unspecified atom stereocenters. The highest BCUT2D eigenvalue weighted by Gasteiger charge is 2.21. The third kappa shape index (κ3) is 3.53. The van der Waals surface area contributed by atoms with Crippen LogP contribution in [0.5, 0.6) is 0 Å². The zero-order valence-electron chi connectivity index (χ0n) is 13.5. The summed E-state index contributed by atoms with van der Waals surface area (Å²) < 4.78 is 32.5. The van der Waals surface area contributed by atoms with E-state index >= 15 is 0 Å². The summed E-state index contributed by atoms with van der Waals surface area (Å²) >= 11 is 0. The summed E-state index contributed by atoms with van der Waals surface area (Å²) in [6.07, 6.45) is 0. The van der Waals surface area contributed by atoms with E-state index in [0.29, 0.717) is 11.3 Å². The molecular formula is C17H19NO4S. The van der Waals surface area contributed by atoms with Crippen LogP contribution in [0.2, 0.25) is 0 Å². The molecular weight excluding hydrogens is 314 g/mol. The monoisotopic (exact) mass is 333 g/mol. The van der Waals surface area contributed by atoms with Gasteiger partial charge in [-0.15, -0.1) is 0 Å². The van der Waals surface area contributed by atoms with Crippen molar-refractivity contribution in [1.82, 2.24) is 0 Å². The maximum atomic E-state index is 12.6. The molecule has 0 amide bonds. The van der Waals surface area contributed by atoms with Crippen molar-refractivity contribution < 1.29 is 17.9 Å². The van der Waals surface area contributed by atoms with E-state index in [0.717, 1.165) is 11.1 Å². The average molecular weight is 333 g/mol. The number of anilines is 1. The summed E-state index contributed by atoms with van der Waals surface area (Å²) in [6, 6.07) is 9.85. The quantitative estimate of drug-likeness (QED) is 0.872. The molecule has 0 fully saturated rings. The minimum Gasteiger partial charge on any atom is -0.465 e. The Hall–Kier alpha value is -2.34. The third-order valence-electron chi connectivity index (χ3n) is 3.74. The average Bonchev–Trinajstić information content (AvgIpc) is 2.50. The second-order valence-electron chi connectivity index (χ2n) is 5.32. The number of esters is 1. The van der Waals surface area contributed by atoms with Crippen LogP contribution in [0, 0.1) is 20.8 Å². The van der Waals surface area contributed by atoms with E-state index < -0.39 is 16.0 Å². The first kappa shape index (κ1) is 17.0. The molecule has 0 spiro atoms. The number of sulfonamides is 1. The van der Waals surface area contributed by atoms with Gasteiger partial charge in [0.15, 0.2) is 0 Å². The number of hydrogen-bond acceptors (Lipinski definition) is 4. The number of benzene rings is 2. The van der Waals surface area contributed by atoms with Gasteiger partial charge in [0.2, 0.25) is 0 Å². The second-order valence-corrected chi connectivity index (χ2v) is 6.98. The van der Waals surface area contributed by atoms with Gasteiger partial charge >= 0.3 is 5.97 Å². The first-order valence-corrected chi connectivity index (χ1v) is 8.52. The lowest BCUT2D eigenvalue weighted by Gasteiger charge is -2.13. The van der Waals surface area contributed by atoms with Crippen LogP contribution in [-0.2, 0) is 14.8 Å². The fraction of sp³-hybridized carbons (Fsp3) is 0.235. The van der Waals surface area contributed by atoms with Crippen molar-refractivity contribution in [3.05, 3.63) is 58.7 Å². The molecule has 0 aliphatic rings. The van der Waals surface area contributed by atoms with Crippen LogP contribution < -0.4 is 4.72 Å². The van der Waals surface area contributed by atoms with Gasteiger partial charge in [-0.3, -0.25) is 4.72 Å². The normalized spacial score (nSPS) is 11.1. The molecule has 0 aliphatic heterocycles. The fourth-order valence-corrected chi connectivity index (χ4v) is 3.57. The van der Waals surface area contributed by atoms with E-state index in [4.69, 9.17) is 0 Å². The Balaban J connectivity index is 2.44. The smallest absolute Gasteiger partial charge is 0.338 e. The third-order valence-corrected chi connectivity index (χ3v) is 5.26. The second kappa shape index (κ2) is 6.42. The van der Waals surface area contributed by atoms with Gasteiger partial charge in [0.25, 0.3) is 10.0 Å². The molecule has 0 aliphatic carbocycles. The van der Waals surface area contributed by atoms with Crippen LogP contribution >= 0.6 is 0 Å². The molecule has 0 atom stereocenters. The number of methoxy groups -OCH3 is 1. The van der Waals surface area contributed by atoms with Crippen LogP contribution in [0.15, 0.2) is 41.3 Å². The number of ether oxygens (including phenoxy) is 1. The standard InChI is InChI=1S/C17H19NO4S/c1-11-8-9-14(10-12(11)2)18-23(20,21)16-7-5-6-15(13(16)3)17(19)22-4/h5-10,18H,1-4H3. The van der Waals surface area contributed by atoms with E-state index in [1.807, 2.05) is 19.9 Å². The molecule has 2 aromatic carbocycles. The Bertz CT molecular complexity index is 857. The van der Waals surface area contributed by atoms with Crippen LogP contribution in [0.1, 0.15) is 27.0 Å². The van der Waals surface area contributed by atoms with Crippen molar-refractivity contribution >= 4 is 21.7 Å². The summed E-state index contributed by atoms with van der Waals surface area (Å²) in [6.45, 7) is 5.45. The van der Waals surface area contributed by atoms with Gasteiger partial charge in [-0.2, -0.15) is 0 Å². The number of aryl methyl sites for hydroxylation is 2. The highest BCUT2D eigenvalue weighted by atomic mass is 32.2. The molecule has 0 bridgehead atoms. The molecule has 0 aromatic heterocycles. The summed E-state index contributed by atoms with van der Waals surface area (Å²) in [5.74, 6) is -0.564. The lowest BCUT2D eigenvalue weighted by atomic mass is 10.1. The Labute approximate surface area is 136 Å². The predicted octanol–water partition coefficient (Wildman–Crippen LogP) is 3.20. The van der Waals surface area contributed by atoms with Crippen molar-refractivity contribution in [3.63, 3.8) is 0 Å². The zero-order valence-corrected chi connectivity index (χ0v) is 14.3. The molecule has 0 saturated heterocycles. The minimum absolute atomic E-state index is 0.0543. The molecule has 2 rings (SSSR count). The van der Waals surface area contributed by atoms with E-state index in [1.165, 1.54) is 25.3 Å². The SMILES string of the molecule is COC(=O)c1cccc(S(=O)(=O)Nc2ccc(C)c(C)c2)c1C. The first-order chi connectivity index (χ1) is 10.8. The molecule has 0 radical (unpaired) electrons. The highest BCUT2D eigenvalue weighted by Crippen LogP contribution is 2.23. The predicted molar refractivity (Wildman–Crippen MR) is 89.2 cm³/mol. The van der Waals surface area contributed by atoms with E-state index in [1.54, 1.807) is 19.1 Å². The molecule has 6 heteroatoms. The van der Waals surface area contributed by atoms with Gasteiger partial charge in [-0.25, -0.2) is 13.2 Å². The summed E-state index contributed by atoms with van der Waals surface area (Å²) in [5.41, 5.74) is 3.14. The fourth-order valence-electron chi connectivity index (χ4n) is 2.25. The number of carbonyl (C=O) groups excluding carboxylic acids is 1. The zero-order chi connectivity index (χ0) is 17.2. The van der Waals surface area contributed by atoms with Crippen molar-refractivity contribution in [2.45, 2.75) is 25.7 Å². The van der Waals surface area contributed by atoms with E-state index in [9.17, 15) is 13.2 Å². The molecule has 122 valence electrons. The highest BCUT2D eigenvalue weighted by molar-refractivity contribution is 7.92. The molecule has 0 saturated carbocycles. The van der Waals surface area contributed by atoms with Gasteiger partial charge < -0.3 is 4.74 Å². The molecule has 0 heterocycles. The maximum Gasteiger partial charge on any atom is 0.338 e. The van der Waals surface area contributed by atoms with Crippen molar-refractivity contribution in [2.75, 3.05) is 11.8 Å². The number of carbonyl (C=O) groups is 1. The number of nitrogens with one attached hydrogen (secondary N) is 1. The maximum absolute atomic E-state index is 12.6. The lowest BCUT2D eigenvalue weighted by Crippen LogP contribution is -2.16. The van der Waals surface area contributed by atoms with Gasteiger partial charge in [-0.05, 0) is 61.7 Å². The van der Waals surface area contributed by atoms with Gasteiger partial charge in [-0.1, -0.05) is 12.1 Å². The Morgan fingerprint density at radius 1 is 1.04 bits per heavy atom. The Kier molecular flexibility index (Phi) is 4.75. The van der Waals surface area contributed by atoms with E-state index in [2.05, 4.69) is 9.46 Å². The van der Waals surface area contributed by atoms with Crippen molar-refractivity contribution in [3.8, 4) is 0 Å². The molecule has 1 N–H and O–H groups in total. The van der Waals surface area contributed by atoms with Gasteiger partial charge in [0, 0.05) is 5.69 Å². The minimum atomic E-state index is -3.80. The van der Waals surface area contributed by atoms with Crippen molar-refractivity contribution in [1.29, 1.82) is 0 Å². The first-order valence-electron chi connectivity index (χ1n) is 7.04. The Morgan fingerprint density at radius 2 is 1.74 bits per heavy atom. The van der Waals surface area contributed by atoms with Crippen LogP contribution in [-0.4, -0.2) is 21.5 Å². The number of hydrogen-bond donors (Lipinski definition) is 1. The van der Waals surface area contributed by atoms with Crippen molar-refractivity contribution in [2.24, 2.45) is 0 Å².